The molecule has 1 unspecified atom stereocenters. The second kappa shape index (κ2) is 13.6. The molecule has 3 atom stereocenters. The van der Waals surface area contributed by atoms with Gasteiger partial charge in [0.2, 0.25) is 5.88 Å². The zero-order valence-corrected chi connectivity index (χ0v) is 31.6. The van der Waals surface area contributed by atoms with Crippen LogP contribution in [-0.4, -0.2) is 52.5 Å². The summed E-state index contributed by atoms with van der Waals surface area (Å²) in [4.78, 5) is 16.7. The lowest BCUT2D eigenvalue weighted by Crippen LogP contribution is -2.46. The van der Waals surface area contributed by atoms with E-state index in [1.165, 1.54) is 0 Å². The molecule has 0 radical (unpaired) electrons. The number of nitrogens with zero attached hydrogens (tertiary/aromatic N) is 3. The minimum atomic E-state index is -1.81. The second-order valence-corrected chi connectivity index (χ2v) is 21.8. The number of hydrogen-bond acceptors (Lipinski definition) is 7. The third-order valence-electron chi connectivity index (χ3n) is 8.78. The van der Waals surface area contributed by atoms with E-state index in [2.05, 4.69) is 81.0 Å². The molecule has 2 aromatic rings. The number of ether oxygens (including phenoxy) is 2. The number of anilines is 2. The van der Waals surface area contributed by atoms with Crippen LogP contribution in [0.15, 0.2) is 24.4 Å². The molecule has 0 spiro atoms. The number of carbonyl (C=O) groups is 1. The molecule has 2 aromatic heterocycles. The maximum atomic E-state index is 12.3. The number of rotatable bonds is 11. The summed E-state index contributed by atoms with van der Waals surface area (Å²) in [6, 6.07) is 6.08. The van der Waals surface area contributed by atoms with Gasteiger partial charge in [-0.3, -0.25) is 0 Å². The van der Waals surface area contributed by atoms with Gasteiger partial charge in [-0.15, -0.1) is 0 Å². The van der Waals surface area contributed by atoms with Crippen LogP contribution in [0, 0.1) is 0 Å². The average Bonchev–Trinajstić information content (AvgIpc) is 3.47. The molecule has 1 saturated carbocycles. The Kier molecular flexibility index (Phi) is 11.2. The van der Waals surface area contributed by atoms with Crippen molar-refractivity contribution in [2.75, 3.05) is 5.32 Å². The number of alkyl carbamates (subject to hydrolysis) is 1. The Morgan fingerprint density at radius 3 is 2.31 bits per heavy atom. The highest BCUT2D eigenvalue weighted by molar-refractivity contribution is 6.74. The van der Waals surface area contributed by atoms with Crippen LogP contribution in [0.2, 0.25) is 18.1 Å². The summed E-state index contributed by atoms with van der Waals surface area (Å²) in [5.74, 6) is 1.88. The Labute approximate surface area is 273 Å². The third-order valence-corrected chi connectivity index (χ3v) is 13.3. The molecule has 0 aliphatic heterocycles. The summed E-state index contributed by atoms with van der Waals surface area (Å²) >= 11 is 0. The van der Waals surface area contributed by atoms with E-state index in [-0.39, 0.29) is 16.7 Å². The molecule has 10 heteroatoms. The first-order valence-electron chi connectivity index (χ1n) is 16.6. The van der Waals surface area contributed by atoms with Crippen LogP contribution in [0.4, 0.5) is 16.3 Å². The van der Waals surface area contributed by atoms with E-state index in [0.717, 1.165) is 49.3 Å². The van der Waals surface area contributed by atoms with Crippen LogP contribution in [0.25, 0.3) is 0 Å². The van der Waals surface area contributed by atoms with Crippen molar-refractivity contribution in [2.24, 2.45) is 0 Å². The van der Waals surface area contributed by atoms with E-state index >= 15 is 0 Å². The van der Waals surface area contributed by atoms with Gasteiger partial charge in [0, 0.05) is 41.6 Å². The molecule has 0 aromatic carbocycles. The number of pyridine rings is 1. The zero-order chi connectivity index (χ0) is 34.0. The third kappa shape index (κ3) is 11.0. The summed E-state index contributed by atoms with van der Waals surface area (Å²) in [5.41, 5.74) is 0.844. The summed E-state index contributed by atoms with van der Waals surface area (Å²) in [7, 11) is -1.81. The molecule has 1 amide bonds. The summed E-state index contributed by atoms with van der Waals surface area (Å²) in [6.45, 7) is 29.7. The molecule has 254 valence electrons. The predicted molar refractivity (Wildman–Crippen MR) is 186 cm³/mol. The minimum absolute atomic E-state index is 0.0944. The first kappa shape index (κ1) is 36.9. The molecular formula is C35H61N5O4Si. The van der Waals surface area contributed by atoms with Gasteiger partial charge in [0.1, 0.15) is 11.4 Å². The molecule has 2 N–H and O–H groups in total. The van der Waals surface area contributed by atoms with Gasteiger partial charge in [-0.1, -0.05) is 20.8 Å². The highest BCUT2D eigenvalue weighted by atomic mass is 28.4. The van der Waals surface area contributed by atoms with E-state index in [0.29, 0.717) is 17.9 Å². The lowest BCUT2D eigenvalue weighted by molar-refractivity contribution is 0.0460. The van der Waals surface area contributed by atoms with E-state index in [4.69, 9.17) is 19.0 Å². The van der Waals surface area contributed by atoms with Crippen molar-refractivity contribution in [3.8, 4) is 5.88 Å². The Morgan fingerprint density at radius 1 is 1.04 bits per heavy atom. The molecular weight excluding hydrogens is 583 g/mol. The monoisotopic (exact) mass is 643 g/mol. The van der Waals surface area contributed by atoms with Crippen molar-refractivity contribution in [3.63, 3.8) is 0 Å². The van der Waals surface area contributed by atoms with Crippen LogP contribution in [0.5, 0.6) is 5.88 Å². The molecule has 1 aliphatic carbocycles. The molecule has 0 bridgehead atoms. The van der Waals surface area contributed by atoms with Gasteiger partial charge in [-0.2, -0.15) is 5.10 Å². The van der Waals surface area contributed by atoms with Crippen LogP contribution in [0.1, 0.15) is 127 Å². The smallest absolute Gasteiger partial charge is 0.408 e. The van der Waals surface area contributed by atoms with E-state index in [1.54, 1.807) is 6.20 Å². The lowest BCUT2D eigenvalue weighted by Gasteiger charge is -2.38. The van der Waals surface area contributed by atoms with Gasteiger partial charge in [0.25, 0.3) is 0 Å². The first-order valence-corrected chi connectivity index (χ1v) is 19.5. The van der Waals surface area contributed by atoms with Crippen LogP contribution in [0.3, 0.4) is 0 Å². The SMILES string of the molecule is CC(CCC(C)(C)NC(=O)OC(C)(C)C)Oc1cc(Nc2cc([C@H]3CC[C@@H](O[Si](C)(C)C(C)(C)C)C3)nn2C(C)(C)C)ccn1. The topological polar surface area (TPSA) is 99.5 Å². The minimum Gasteiger partial charge on any atom is -0.475 e. The molecule has 3 rings (SSSR count). The fourth-order valence-electron chi connectivity index (χ4n) is 5.28. The number of nitrogens with one attached hydrogen (secondary N) is 2. The van der Waals surface area contributed by atoms with E-state index in [1.807, 2.05) is 53.7 Å². The molecule has 45 heavy (non-hydrogen) atoms. The number of aromatic nitrogens is 3. The largest absolute Gasteiger partial charge is 0.475 e. The normalized spacial score (nSPS) is 18.9. The summed E-state index contributed by atoms with van der Waals surface area (Å²) < 4.78 is 20.5. The van der Waals surface area contributed by atoms with Crippen molar-refractivity contribution in [3.05, 3.63) is 30.1 Å². The number of carbonyl (C=O) groups excluding carboxylic acids is 1. The highest BCUT2D eigenvalue weighted by Gasteiger charge is 2.41. The Morgan fingerprint density at radius 2 is 1.71 bits per heavy atom. The van der Waals surface area contributed by atoms with Gasteiger partial charge in [-0.05, 0) is 119 Å². The van der Waals surface area contributed by atoms with E-state index < -0.39 is 25.6 Å². The lowest BCUT2D eigenvalue weighted by atomic mass is 9.97. The van der Waals surface area contributed by atoms with Crippen LogP contribution >= 0.6 is 0 Å². The van der Waals surface area contributed by atoms with Crippen LogP contribution in [-0.2, 0) is 14.7 Å². The quantitative estimate of drug-likeness (QED) is 0.235. The average molecular weight is 644 g/mol. The Hall–Kier alpha value is -2.59. The molecule has 2 heterocycles. The highest BCUT2D eigenvalue weighted by Crippen LogP contribution is 2.43. The van der Waals surface area contributed by atoms with Gasteiger partial charge in [0.05, 0.1) is 17.3 Å². The van der Waals surface area contributed by atoms with Crippen molar-refractivity contribution in [1.29, 1.82) is 0 Å². The Balaban J connectivity index is 1.65. The van der Waals surface area contributed by atoms with Gasteiger partial charge >= 0.3 is 6.09 Å². The molecule has 1 fully saturated rings. The molecule has 1 aliphatic rings. The van der Waals surface area contributed by atoms with Crippen molar-refractivity contribution in [2.45, 2.75) is 168 Å². The maximum absolute atomic E-state index is 12.3. The summed E-state index contributed by atoms with van der Waals surface area (Å²) in [5, 5.41) is 11.9. The fourth-order valence-corrected chi connectivity index (χ4v) is 6.68. The second-order valence-electron chi connectivity index (χ2n) is 17.0. The fraction of sp³-hybridized carbons (Fsp3) is 0.743. The summed E-state index contributed by atoms with van der Waals surface area (Å²) in [6.07, 6.45) is 6.21. The first-order chi connectivity index (χ1) is 20.4. The van der Waals surface area contributed by atoms with Gasteiger partial charge in [0.15, 0.2) is 8.32 Å². The van der Waals surface area contributed by atoms with Crippen molar-refractivity contribution >= 4 is 25.9 Å². The van der Waals surface area contributed by atoms with Crippen molar-refractivity contribution in [1.82, 2.24) is 20.1 Å². The van der Waals surface area contributed by atoms with E-state index in [9.17, 15) is 4.79 Å². The van der Waals surface area contributed by atoms with Gasteiger partial charge < -0.3 is 24.5 Å². The van der Waals surface area contributed by atoms with Crippen LogP contribution < -0.4 is 15.4 Å². The Bertz CT molecular complexity index is 1290. The number of hydrogen-bond donors (Lipinski definition) is 2. The van der Waals surface area contributed by atoms with Gasteiger partial charge in [-0.25, -0.2) is 14.5 Å². The standard InChI is InChI=1S/C35H61N5O4Si/c1-24(17-19-35(11,12)38-31(41)43-33(5,6)7)42-30-22-26(18-20-36-30)37-29-23-28(39-40(29)32(2,3)4)25-15-16-27(21-25)44-45(13,14)34(8,9)10/h18,20,22-25,27H,15-17,19,21H2,1-14H3,(H,36,37)(H,38,41)/t24?,25-,27+/m0/s1. The zero-order valence-electron chi connectivity index (χ0n) is 30.6. The predicted octanol–water partition coefficient (Wildman–Crippen LogP) is 9.29. The molecule has 0 saturated heterocycles. The maximum Gasteiger partial charge on any atom is 0.408 e. The van der Waals surface area contributed by atoms with Crippen molar-refractivity contribution < 1.29 is 18.7 Å². The number of amides is 1. The molecule has 9 nitrogen and oxygen atoms in total.